The number of aldehydes is 1. The molecule has 1 heterocycles. The van der Waals surface area contributed by atoms with E-state index in [0.717, 1.165) is 35.5 Å². The summed E-state index contributed by atoms with van der Waals surface area (Å²) in [4.78, 5) is 17.4. The minimum Gasteiger partial charge on any atom is -0.340 e. The molecule has 0 spiro atoms. The summed E-state index contributed by atoms with van der Waals surface area (Å²) < 4.78 is 0. The number of rotatable bonds is 6. The molecular weight excluding hydrogens is 322 g/mol. The summed E-state index contributed by atoms with van der Waals surface area (Å²) >= 11 is 3.51. The smallest absolute Gasteiger partial charge is 0.151 e. The Hall–Kier alpha value is -1.39. The predicted molar refractivity (Wildman–Crippen MR) is 101 cm³/mol. The highest BCUT2D eigenvalue weighted by Gasteiger charge is 2.24. The molecule has 0 bridgehead atoms. The molecule has 0 saturated carbocycles. The van der Waals surface area contributed by atoms with Crippen LogP contribution in [0.2, 0.25) is 0 Å². The number of nitrogens with zero attached hydrogens (tertiary/aromatic N) is 1. The Kier molecular flexibility index (Phi) is 5.34. The second kappa shape index (κ2) is 7.45. The number of carbonyl (C=O) groups is 1. The summed E-state index contributed by atoms with van der Waals surface area (Å²) in [5, 5.41) is 0. The maximum atomic E-state index is 11.5. The number of unbranched alkanes of at least 4 members (excludes halogenated alkanes) is 1. The Morgan fingerprint density at radius 1 is 1.13 bits per heavy atom. The lowest BCUT2D eigenvalue weighted by atomic mass is 10.1. The molecule has 2 aromatic carbocycles. The summed E-state index contributed by atoms with van der Waals surface area (Å²) in [6, 6.07) is 12.8. The Morgan fingerprint density at radius 3 is 2.70 bits per heavy atom. The first-order valence-electron chi connectivity index (χ1n) is 8.09. The third kappa shape index (κ3) is 3.29. The largest absolute Gasteiger partial charge is 0.340 e. The molecule has 4 heteroatoms. The van der Waals surface area contributed by atoms with Gasteiger partial charge in [0.1, 0.15) is 0 Å². The summed E-state index contributed by atoms with van der Waals surface area (Å²) in [5.41, 5.74) is 3.33. The van der Waals surface area contributed by atoms with Gasteiger partial charge in [-0.2, -0.15) is 0 Å². The van der Waals surface area contributed by atoms with Gasteiger partial charge in [0, 0.05) is 26.8 Å². The average Bonchev–Trinajstić information content (AvgIpc) is 2.58. The second-order valence-corrected chi connectivity index (χ2v) is 7.87. The van der Waals surface area contributed by atoms with Crippen LogP contribution >= 0.6 is 23.5 Å². The molecule has 0 atom stereocenters. The van der Waals surface area contributed by atoms with E-state index in [0.29, 0.717) is 0 Å². The molecule has 120 valence electrons. The average molecular weight is 344 g/mol. The standard InChI is InChI=1S/C19H21NOS2/c1-3-5-10-20-15-8-6-7-9-17(15)23-19-11-14(13-21)18(22-4-2)12-16(19)20/h6-9,11-13H,3-5,10H2,1-2H3. The zero-order valence-electron chi connectivity index (χ0n) is 13.5. The van der Waals surface area contributed by atoms with Crippen LogP contribution in [0, 0.1) is 0 Å². The van der Waals surface area contributed by atoms with Gasteiger partial charge >= 0.3 is 0 Å². The SMILES string of the molecule is CCCCN1c2ccccc2Sc2cc(C=O)c(SCC)cc21. The number of fused-ring (bicyclic) bond motifs is 2. The van der Waals surface area contributed by atoms with E-state index in [4.69, 9.17) is 0 Å². The minimum absolute atomic E-state index is 0.804. The molecule has 0 fully saturated rings. The number of hydrogen-bond donors (Lipinski definition) is 0. The molecule has 0 aromatic heterocycles. The van der Waals surface area contributed by atoms with Crippen molar-refractivity contribution in [1.29, 1.82) is 0 Å². The lowest BCUT2D eigenvalue weighted by Gasteiger charge is -2.33. The van der Waals surface area contributed by atoms with E-state index >= 15 is 0 Å². The van der Waals surface area contributed by atoms with Gasteiger partial charge in [0.05, 0.1) is 11.4 Å². The van der Waals surface area contributed by atoms with E-state index in [9.17, 15) is 4.79 Å². The molecule has 3 rings (SSSR count). The van der Waals surface area contributed by atoms with Crippen LogP contribution < -0.4 is 4.90 Å². The highest BCUT2D eigenvalue weighted by Crippen LogP contribution is 2.49. The van der Waals surface area contributed by atoms with Crippen molar-refractivity contribution in [1.82, 2.24) is 0 Å². The van der Waals surface area contributed by atoms with Gasteiger partial charge in [-0.1, -0.05) is 44.2 Å². The Morgan fingerprint density at radius 2 is 1.96 bits per heavy atom. The maximum Gasteiger partial charge on any atom is 0.151 e. The van der Waals surface area contributed by atoms with Crippen molar-refractivity contribution in [2.75, 3.05) is 17.2 Å². The number of thioether (sulfide) groups is 1. The van der Waals surface area contributed by atoms with E-state index in [1.807, 2.05) is 0 Å². The lowest BCUT2D eigenvalue weighted by Crippen LogP contribution is -2.22. The minimum atomic E-state index is 0.804. The number of carbonyl (C=O) groups excluding carboxylic acids is 1. The monoisotopic (exact) mass is 343 g/mol. The molecule has 1 aliphatic heterocycles. The molecule has 0 radical (unpaired) electrons. The van der Waals surface area contributed by atoms with Crippen molar-refractivity contribution in [2.24, 2.45) is 0 Å². The van der Waals surface area contributed by atoms with Gasteiger partial charge in [-0.05, 0) is 36.4 Å². The first-order valence-corrected chi connectivity index (χ1v) is 9.89. The molecule has 2 nitrogen and oxygen atoms in total. The van der Waals surface area contributed by atoms with Crippen LogP contribution in [0.3, 0.4) is 0 Å². The molecule has 0 aliphatic carbocycles. The fourth-order valence-electron chi connectivity index (χ4n) is 2.80. The Balaban J connectivity index is 2.10. The molecule has 0 N–H and O–H groups in total. The van der Waals surface area contributed by atoms with Gasteiger partial charge in [0.15, 0.2) is 6.29 Å². The zero-order chi connectivity index (χ0) is 16.2. The fourth-order valence-corrected chi connectivity index (χ4v) is 4.71. The van der Waals surface area contributed by atoms with Gasteiger partial charge < -0.3 is 4.90 Å². The van der Waals surface area contributed by atoms with Crippen LogP contribution in [0.1, 0.15) is 37.0 Å². The van der Waals surface area contributed by atoms with Crippen molar-refractivity contribution >= 4 is 41.2 Å². The van der Waals surface area contributed by atoms with Crippen LogP contribution in [-0.4, -0.2) is 18.6 Å². The molecule has 0 saturated heterocycles. The molecule has 0 unspecified atom stereocenters. The topological polar surface area (TPSA) is 20.3 Å². The van der Waals surface area contributed by atoms with E-state index < -0.39 is 0 Å². The van der Waals surface area contributed by atoms with Crippen LogP contribution in [0.4, 0.5) is 11.4 Å². The van der Waals surface area contributed by atoms with Crippen LogP contribution in [0.5, 0.6) is 0 Å². The van der Waals surface area contributed by atoms with Crippen molar-refractivity contribution in [3.8, 4) is 0 Å². The third-order valence-electron chi connectivity index (χ3n) is 3.92. The van der Waals surface area contributed by atoms with Gasteiger partial charge in [0.2, 0.25) is 0 Å². The third-order valence-corrected chi connectivity index (χ3v) is 5.99. The maximum absolute atomic E-state index is 11.5. The highest BCUT2D eigenvalue weighted by molar-refractivity contribution is 8.00. The van der Waals surface area contributed by atoms with Gasteiger partial charge in [-0.15, -0.1) is 11.8 Å². The summed E-state index contributed by atoms with van der Waals surface area (Å²) in [7, 11) is 0. The second-order valence-electron chi connectivity index (χ2n) is 5.48. The zero-order valence-corrected chi connectivity index (χ0v) is 15.2. The van der Waals surface area contributed by atoms with Crippen molar-refractivity contribution in [3.63, 3.8) is 0 Å². The van der Waals surface area contributed by atoms with Gasteiger partial charge in [-0.25, -0.2) is 0 Å². The first kappa shape index (κ1) is 16.5. The van der Waals surface area contributed by atoms with E-state index in [2.05, 4.69) is 55.1 Å². The molecule has 1 aliphatic rings. The van der Waals surface area contributed by atoms with E-state index in [1.54, 1.807) is 23.5 Å². The van der Waals surface area contributed by atoms with Crippen molar-refractivity contribution in [3.05, 3.63) is 42.0 Å². The van der Waals surface area contributed by atoms with Crippen molar-refractivity contribution < 1.29 is 4.79 Å². The highest BCUT2D eigenvalue weighted by atomic mass is 32.2. The van der Waals surface area contributed by atoms with Crippen LogP contribution in [0.15, 0.2) is 51.1 Å². The Bertz CT molecular complexity index is 715. The summed E-state index contributed by atoms with van der Waals surface area (Å²) in [5.74, 6) is 0.971. The van der Waals surface area contributed by atoms with Crippen LogP contribution in [-0.2, 0) is 0 Å². The fraction of sp³-hybridized carbons (Fsp3) is 0.316. The van der Waals surface area contributed by atoms with Gasteiger partial charge in [-0.3, -0.25) is 4.79 Å². The molecule has 2 aromatic rings. The summed E-state index contributed by atoms with van der Waals surface area (Å²) in [6.45, 7) is 5.36. The Labute approximate surface area is 146 Å². The lowest BCUT2D eigenvalue weighted by molar-refractivity contribution is 0.112. The quantitative estimate of drug-likeness (QED) is 0.472. The number of anilines is 2. The van der Waals surface area contributed by atoms with E-state index in [-0.39, 0.29) is 0 Å². The molecule has 23 heavy (non-hydrogen) atoms. The van der Waals surface area contributed by atoms with E-state index in [1.165, 1.54) is 27.6 Å². The molecular formula is C19H21NOS2. The number of para-hydroxylation sites is 1. The number of benzene rings is 2. The van der Waals surface area contributed by atoms with Crippen LogP contribution in [0.25, 0.3) is 0 Å². The van der Waals surface area contributed by atoms with Gasteiger partial charge in [0.25, 0.3) is 0 Å². The molecule has 0 amide bonds. The predicted octanol–water partition coefficient (Wildman–Crippen LogP) is 6.01. The first-order chi connectivity index (χ1) is 11.3. The van der Waals surface area contributed by atoms with Crippen molar-refractivity contribution in [2.45, 2.75) is 41.4 Å². The normalized spacial score (nSPS) is 12.7. The number of hydrogen-bond acceptors (Lipinski definition) is 4. The summed E-state index contributed by atoms with van der Waals surface area (Å²) in [6.07, 6.45) is 3.31.